The van der Waals surface area contributed by atoms with Crippen LogP contribution in [0.2, 0.25) is 0 Å². The normalized spacial score (nSPS) is 10.8. The molecule has 2 N–H and O–H groups in total. The zero-order chi connectivity index (χ0) is 17.9. The first kappa shape index (κ1) is 16.2. The first-order valence-corrected chi connectivity index (χ1v) is 8.73. The number of thiazole rings is 1. The SMILES string of the molecule is COc1cccc(-c2ccc3nc(CNC(=O)c4ccn[nH]4)sc3n2)c1. The third-order valence-electron chi connectivity index (χ3n) is 3.81. The summed E-state index contributed by atoms with van der Waals surface area (Å²) in [5, 5.41) is 10.0. The number of aromatic nitrogens is 4. The number of methoxy groups -OCH3 is 1. The minimum Gasteiger partial charge on any atom is -0.497 e. The van der Waals surface area contributed by atoms with Crippen molar-refractivity contribution in [1.82, 2.24) is 25.5 Å². The molecule has 0 spiro atoms. The van der Waals surface area contributed by atoms with Crippen LogP contribution in [0.25, 0.3) is 21.6 Å². The highest BCUT2D eigenvalue weighted by atomic mass is 32.1. The van der Waals surface area contributed by atoms with Gasteiger partial charge in [-0.15, -0.1) is 0 Å². The van der Waals surface area contributed by atoms with Gasteiger partial charge in [0.1, 0.15) is 26.8 Å². The highest BCUT2D eigenvalue weighted by Crippen LogP contribution is 2.27. The van der Waals surface area contributed by atoms with E-state index in [9.17, 15) is 4.79 Å². The average molecular weight is 365 g/mol. The van der Waals surface area contributed by atoms with Crippen LogP contribution in [0, 0.1) is 0 Å². The number of H-pyrrole nitrogens is 1. The number of nitrogens with one attached hydrogen (secondary N) is 2. The van der Waals surface area contributed by atoms with Crippen molar-refractivity contribution in [3.8, 4) is 17.0 Å². The topological polar surface area (TPSA) is 92.8 Å². The van der Waals surface area contributed by atoms with Gasteiger partial charge in [-0.05, 0) is 30.3 Å². The van der Waals surface area contributed by atoms with Gasteiger partial charge in [0.25, 0.3) is 5.91 Å². The average Bonchev–Trinajstić information content (AvgIpc) is 3.35. The van der Waals surface area contributed by atoms with Crippen molar-refractivity contribution in [1.29, 1.82) is 0 Å². The second-order valence-corrected chi connectivity index (χ2v) is 6.58. The molecule has 1 aromatic carbocycles. The lowest BCUT2D eigenvalue weighted by molar-refractivity contribution is 0.0946. The van der Waals surface area contributed by atoms with Gasteiger partial charge in [-0.2, -0.15) is 5.10 Å². The molecule has 3 heterocycles. The van der Waals surface area contributed by atoms with Gasteiger partial charge in [0.05, 0.1) is 19.3 Å². The highest BCUT2D eigenvalue weighted by Gasteiger charge is 2.11. The second-order valence-electron chi connectivity index (χ2n) is 5.51. The molecule has 8 heteroatoms. The number of carbonyl (C=O) groups is 1. The van der Waals surface area contributed by atoms with Crippen molar-refractivity contribution < 1.29 is 9.53 Å². The van der Waals surface area contributed by atoms with Gasteiger partial charge in [-0.3, -0.25) is 9.89 Å². The van der Waals surface area contributed by atoms with Crippen LogP contribution in [0.3, 0.4) is 0 Å². The molecule has 0 bridgehead atoms. The number of rotatable bonds is 5. The lowest BCUT2D eigenvalue weighted by Gasteiger charge is -2.03. The molecule has 0 radical (unpaired) electrons. The molecule has 3 aromatic heterocycles. The first-order valence-electron chi connectivity index (χ1n) is 7.91. The summed E-state index contributed by atoms with van der Waals surface area (Å²) in [5.41, 5.74) is 3.07. The van der Waals surface area contributed by atoms with Crippen molar-refractivity contribution in [2.45, 2.75) is 6.54 Å². The van der Waals surface area contributed by atoms with E-state index in [1.54, 1.807) is 13.2 Å². The Hall–Kier alpha value is -3.26. The van der Waals surface area contributed by atoms with E-state index in [0.29, 0.717) is 12.2 Å². The van der Waals surface area contributed by atoms with Crippen LogP contribution >= 0.6 is 11.3 Å². The fourth-order valence-corrected chi connectivity index (χ4v) is 3.39. The molecule has 4 rings (SSSR count). The van der Waals surface area contributed by atoms with E-state index in [0.717, 1.165) is 32.4 Å². The van der Waals surface area contributed by atoms with E-state index in [-0.39, 0.29) is 5.91 Å². The Morgan fingerprint density at radius 2 is 2.15 bits per heavy atom. The maximum Gasteiger partial charge on any atom is 0.269 e. The second kappa shape index (κ2) is 6.93. The molecule has 0 unspecified atom stereocenters. The number of hydrogen-bond acceptors (Lipinski definition) is 6. The van der Waals surface area contributed by atoms with Crippen LogP contribution in [0.1, 0.15) is 15.5 Å². The number of aromatic amines is 1. The van der Waals surface area contributed by atoms with E-state index in [1.165, 1.54) is 17.5 Å². The number of benzene rings is 1. The molecule has 1 amide bonds. The van der Waals surface area contributed by atoms with Crippen molar-refractivity contribution in [3.63, 3.8) is 0 Å². The molecule has 0 fully saturated rings. The summed E-state index contributed by atoms with van der Waals surface area (Å²) in [6.07, 6.45) is 1.54. The van der Waals surface area contributed by atoms with Gasteiger partial charge in [-0.25, -0.2) is 9.97 Å². The van der Waals surface area contributed by atoms with E-state index in [4.69, 9.17) is 9.72 Å². The third-order valence-corrected chi connectivity index (χ3v) is 4.78. The summed E-state index contributed by atoms with van der Waals surface area (Å²) in [6.45, 7) is 0.341. The molecule has 0 aliphatic rings. The van der Waals surface area contributed by atoms with Crippen molar-refractivity contribution in [2.24, 2.45) is 0 Å². The summed E-state index contributed by atoms with van der Waals surface area (Å²) in [4.78, 5) is 22.0. The van der Waals surface area contributed by atoms with E-state index < -0.39 is 0 Å². The Kier molecular flexibility index (Phi) is 4.32. The molecule has 0 atom stereocenters. The fraction of sp³-hybridized carbons (Fsp3) is 0.111. The molecule has 130 valence electrons. The number of nitrogens with zero attached hydrogens (tertiary/aromatic N) is 3. The summed E-state index contributed by atoms with van der Waals surface area (Å²) >= 11 is 1.46. The number of amides is 1. The molecule has 26 heavy (non-hydrogen) atoms. The Bertz CT molecular complexity index is 1060. The zero-order valence-corrected chi connectivity index (χ0v) is 14.7. The summed E-state index contributed by atoms with van der Waals surface area (Å²) in [6, 6.07) is 13.3. The van der Waals surface area contributed by atoms with Crippen LogP contribution in [0.5, 0.6) is 5.75 Å². The van der Waals surface area contributed by atoms with Gasteiger partial charge in [0.2, 0.25) is 0 Å². The fourth-order valence-electron chi connectivity index (χ4n) is 2.51. The van der Waals surface area contributed by atoms with E-state index in [2.05, 4.69) is 20.5 Å². The summed E-state index contributed by atoms with van der Waals surface area (Å²) in [7, 11) is 1.64. The lowest BCUT2D eigenvalue weighted by Crippen LogP contribution is -2.23. The molecular formula is C18H15N5O2S. The van der Waals surface area contributed by atoms with Crippen LogP contribution in [-0.2, 0) is 6.54 Å². The monoisotopic (exact) mass is 365 g/mol. The Labute approximate surface area is 153 Å². The molecule has 0 aliphatic heterocycles. The molecule has 0 saturated heterocycles. The van der Waals surface area contributed by atoms with Crippen molar-refractivity contribution in [2.75, 3.05) is 7.11 Å². The van der Waals surface area contributed by atoms with Gasteiger partial charge < -0.3 is 10.1 Å². The highest BCUT2D eigenvalue weighted by molar-refractivity contribution is 7.18. The number of carbonyl (C=O) groups excluding carboxylic acids is 1. The van der Waals surface area contributed by atoms with E-state index in [1.807, 2.05) is 36.4 Å². The van der Waals surface area contributed by atoms with Gasteiger partial charge in [0.15, 0.2) is 0 Å². The molecular weight excluding hydrogens is 350 g/mol. The lowest BCUT2D eigenvalue weighted by atomic mass is 10.1. The number of fused-ring (bicyclic) bond motifs is 1. The predicted molar refractivity (Wildman–Crippen MR) is 99.2 cm³/mol. The van der Waals surface area contributed by atoms with Gasteiger partial charge in [-0.1, -0.05) is 23.5 Å². The molecule has 0 saturated carbocycles. The molecule has 7 nitrogen and oxygen atoms in total. The van der Waals surface area contributed by atoms with Gasteiger partial charge >= 0.3 is 0 Å². The summed E-state index contributed by atoms with van der Waals surface area (Å²) in [5.74, 6) is 0.572. The number of hydrogen-bond donors (Lipinski definition) is 2. The number of ether oxygens (including phenoxy) is 1. The van der Waals surface area contributed by atoms with Crippen LogP contribution in [0.15, 0.2) is 48.7 Å². The molecule has 0 aliphatic carbocycles. The third kappa shape index (κ3) is 3.27. The standard InChI is InChI=1S/C18H15N5O2S/c1-25-12-4-2-3-11(9-12)13-5-6-15-18(22-13)26-16(21-15)10-19-17(24)14-7-8-20-23-14/h2-9H,10H2,1H3,(H,19,24)(H,20,23). The zero-order valence-electron chi connectivity index (χ0n) is 13.9. The van der Waals surface area contributed by atoms with Crippen LogP contribution < -0.4 is 10.1 Å². The Morgan fingerprint density at radius 3 is 2.96 bits per heavy atom. The maximum absolute atomic E-state index is 12.0. The number of pyridine rings is 1. The van der Waals surface area contributed by atoms with Crippen molar-refractivity contribution >= 4 is 27.6 Å². The van der Waals surface area contributed by atoms with Crippen LogP contribution in [0.4, 0.5) is 0 Å². The quantitative estimate of drug-likeness (QED) is 0.567. The minimum absolute atomic E-state index is 0.216. The Balaban J connectivity index is 1.54. The molecule has 4 aromatic rings. The Morgan fingerprint density at radius 1 is 1.23 bits per heavy atom. The van der Waals surface area contributed by atoms with Crippen molar-refractivity contribution in [3.05, 3.63) is 59.4 Å². The smallest absolute Gasteiger partial charge is 0.269 e. The summed E-state index contributed by atoms with van der Waals surface area (Å²) < 4.78 is 5.27. The predicted octanol–water partition coefficient (Wildman–Crippen LogP) is 3.02. The van der Waals surface area contributed by atoms with Crippen LogP contribution in [-0.4, -0.2) is 33.2 Å². The van der Waals surface area contributed by atoms with E-state index >= 15 is 0 Å². The first-order chi connectivity index (χ1) is 12.7. The maximum atomic E-state index is 12.0. The van der Waals surface area contributed by atoms with Gasteiger partial charge in [0, 0.05) is 11.8 Å². The largest absolute Gasteiger partial charge is 0.497 e. The minimum atomic E-state index is -0.216.